The minimum absolute atomic E-state index is 0.216. The largest absolute Gasteiger partial charge is 0.501 e. The molecule has 0 aliphatic carbocycles. The minimum Gasteiger partial charge on any atom is -0.501 e. The molecule has 1 N–H and O–H groups in total. The first-order valence-corrected chi connectivity index (χ1v) is 6.27. The number of hydrogen-bond acceptors (Lipinski definition) is 3. The van der Waals surface area contributed by atoms with Crippen LogP contribution in [0, 0.1) is 5.92 Å². The van der Waals surface area contributed by atoms with Gasteiger partial charge in [0.2, 0.25) is 0 Å². The maximum Gasteiger partial charge on any atom is 0.0876 e. The van der Waals surface area contributed by atoms with Gasteiger partial charge in [0.05, 0.1) is 25.0 Å². The van der Waals surface area contributed by atoms with Crippen LogP contribution in [-0.4, -0.2) is 32.4 Å². The number of rotatable bonds is 6. The predicted octanol–water partition coefficient (Wildman–Crippen LogP) is 2.33. The molecule has 0 spiro atoms. The third-order valence-corrected chi connectivity index (χ3v) is 3.04. The molecule has 0 bridgehead atoms. The Hall–Kier alpha value is -0.540. The molecule has 1 rings (SSSR count). The molecular weight excluding hydrogens is 202 g/mol. The standard InChI is InChI=1S/C13H25NO2/c1-5-14-12(13(15-4)10(2)3)11-7-6-8-16-9-11/h9-10,12-14H,5-8H2,1-4H3. The van der Waals surface area contributed by atoms with Crippen molar-refractivity contribution in [2.75, 3.05) is 20.3 Å². The molecule has 0 saturated heterocycles. The monoisotopic (exact) mass is 227 g/mol. The van der Waals surface area contributed by atoms with E-state index < -0.39 is 0 Å². The Bertz CT molecular complexity index is 226. The summed E-state index contributed by atoms with van der Waals surface area (Å²) >= 11 is 0. The summed E-state index contributed by atoms with van der Waals surface area (Å²) in [4.78, 5) is 0. The summed E-state index contributed by atoms with van der Waals surface area (Å²) in [6, 6.07) is 0.287. The highest BCUT2D eigenvalue weighted by Gasteiger charge is 2.27. The van der Waals surface area contributed by atoms with Crippen LogP contribution in [0.2, 0.25) is 0 Å². The topological polar surface area (TPSA) is 30.5 Å². The highest BCUT2D eigenvalue weighted by Crippen LogP contribution is 2.22. The first-order chi connectivity index (χ1) is 7.70. The maximum absolute atomic E-state index is 5.62. The summed E-state index contributed by atoms with van der Waals surface area (Å²) in [6.07, 6.45) is 4.37. The van der Waals surface area contributed by atoms with Gasteiger partial charge in [-0.3, -0.25) is 0 Å². The van der Waals surface area contributed by atoms with E-state index in [1.165, 1.54) is 5.57 Å². The molecule has 0 aromatic carbocycles. The van der Waals surface area contributed by atoms with E-state index in [-0.39, 0.29) is 12.1 Å². The van der Waals surface area contributed by atoms with Gasteiger partial charge in [0.15, 0.2) is 0 Å². The van der Waals surface area contributed by atoms with Gasteiger partial charge in [-0.15, -0.1) is 0 Å². The zero-order valence-corrected chi connectivity index (χ0v) is 11.0. The van der Waals surface area contributed by atoms with Gasteiger partial charge in [0.25, 0.3) is 0 Å². The average Bonchev–Trinajstić information content (AvgIpc) is 2.29. The molecule has 0 aromatic heterocycles. The lowest BCUT2D eigenvalue weighted by Crippen LogP contribution is -2.45. The summed E-state index contributed by atoms with van der Waals surface area (Å²) < 4.78 is 11.0. The van der Waals surface area contributed by atoms with Crippen LogP contribution in [0.3, 0.4) is 0 Å². The Balaban J connectivity index is 2.74. The van der Waals surface area contributed by atoms with Crippen LogP contribution in [0.5, 0.6) is 0 Å². The Labute approximate surface area is 99.2 Å². The predicted molar refractivity (Wildman–Crippen MR) is 66.4 cm³/mol. The van der Waals surface area contributed by atoms with Gasteiger partial charge >= 0.3 is 0 Å². The van der Waals surface area contributed by atoms with Gasteiger partial charge < -0.3 is 14.8 Å². The molecule has 0 amide bonds. The van der Waals surface area contributed by atoms with Crippen molar-refractivity contribution in [3.05, 3.63) is 11.8 Å². The second-order valence-corrected chi connectivity index (χ2v) is 4.65. The second kappa shape index (κ2) is 6.92. The molecule has 2 unspecified atom stereocenters. The lowest BCUT2D eigenvalue weighted by atomic mass is 9.91. The van der Waals surface area contributed by atoms with E-state index >= 15 is 0 Å². The van der Waals surface area contributed by atoms with E-state index in [9.17, 15) is 0 Å². The van der Waals surface area contributed by atoms with E-state index in [2.05, 4.69) is 26.1 Å². The molecule has 16 heavy (non-hydrogen) atoms. The molecule has 0 aromatic rings. The molecular formula is C13H25NO2. The fourth-order valence-corrected chi connectivity index (χ4v) is 2.28. The fourth-order valence-electron chi connectivity index (χ4n) is 2.28. The van der Waals surface area contributed by atoms with Crippen LogP contribution in [0.15, 0.2) is 11.8 Å². The van der Waals surface area contributed by atoms with Crippen molar-refractivity contribution in [2.45, 2.75) is 45.8 Å². The van der Waals surface area contributed by atoms with Gasteiger partial charge in [0.1, 0.15) is 0 Å². The lowest BCUT2D eigenvalue weighted by Gasteiger charge is -2.32. The van der Waals surface area contributed by atoms with Crippen LogP contribution in [-0.2, 0) is 9.47 Å². The fraction of sp³-hybridized carbons (Fsp3) is 0.846. The highest BCUT2D eigenvalue weighted by atomic mass is 16.5. The number of methoxy groups -OCH3 is 1. The normalized spacial score (nSPS) is 20.2. The van der Waals surface area contributed by atoms with E-state index in [1.807, 2.05) is 6.26 Å². The van der Waals surface area contributed by atoms with Crippen LogP contribution in [0.25, 0.3) is 0 Å². The third kappa shape index (κ3) is 3.49. The number of hydrogen-bond donors (Lipinski definition) is 1. The molecule has 2 atom stereocenters. The van der Waals surface area contributed by atoms with Gasteiger partial charge in [-0.05, 0) is 30.9 Å². The van der Waals surface area contributed by atoms with E-state index in [0.29, 0.717) is 5.92 Å². The smallest absolute Gasteiger partial charge is 0.0876 e. The summed E-state index contributed by atoms with van der Waals surface area (Å²) in [7, 11) is 1.79. The van der Waals surface area contributed by atoms with Crippen LogP contribution in [0.4, 0.5) is 0 Å². The Morgan fingerprint density at radius 3 is 2.69 bits per heavy atom. The third-order valence-electron chi connectivity index (χ3n) is 3.04. The van der Waals surface area contributed by atoms with E-state index in [1.54, 1.807) is 7.11 Å². The Kier molecular flexibility index (Phi) is 5.85. The second-order valence-electron chi connectivity index (χ2n) is 4.65. The number of nitrogens with one attached hydrogen (secondary N) is 1. The molecule has 3 heteroatoms. The van der Waals surface area contributed by atoms with Crippen molar-refractivity contribution in [3.63, 3.8) is 0 Å². The van der Waals surface area contributed by atoms with Crippen molar-refractivity contribution in [3.8, 4) is 0 Å². The lowest BCUT2D eigenvalue weighted by molar-refractivity contribution is 0.0399. The molecule has 0 radical (unpaired) electrons. The van der Waals surface area contributed by atoms with Gasteiger partial charge in [-0.2, -0.15) is 0 Å². The summed E-state index contributed by atoms with van der Waals surface area (Å²) in [6.45, 7) is 8.33. The zero-order chi connectivity index (χ0) is 12.0. The SMILES string of the molecule is CCNC(C1=COCCC1)C(OC)C(C)C. The van der Waals surface area contributed by atoms with Gasteiger partial charge in [0, 0.05) is 7.11 Å². The van der Waals surface area contributed by atoms with Crippen molar-refractivity contribution in [2.24, 2.45) is 5.92 Å². The molecule has 94 valence electrons. The highest BCUT2D eigenvalue weighted by molar-refractivity contribution is 5.13. The van der Waals surface area contributed by atoms with Crippen molar-refractivity contribution in [1.29, 1.82) is 0 Å². The number of likely N-dealkylation sites (N-methyl/N-ethyl adjacent to an activating group) is 1. The average molecular weight is 227 g/mol. The van der Waals surface area contributed by atoms with Crippen LogP contribution in [0.1, 0.15) is 33.6 Å². The van der Waals surface area contributed by atoms with Gasteiger partial charge in [-0.25, -0.2) is 0 Å². The summed E-state index contributed by atoms with van der Waals surface area (Å²) in [5, 5.41) is 3.51. The van der Waals surface area contributed by atoms with Crippen LogP contribution < -0.4 is 5.32 Å². The van der Waals surface area contributed by atoms with E-state index in [0.717, 1.165) is 26.0 Å². The number of ether oxygens (including phenoxy) is 2. The molecule has 0 saturated carbocycles. The van der Waals surface area contributed by atoms with Crippen molar-refractivity contribution < 1.29 is 9.47 Å². The van der Waals surface area contributed by atoms with Crippen molar-refractivity contribution >= 4 is 0 Å². The quantitative estimate of drug-likeness (QED) is 0.755. The summed E-state index contributed by atoms with van der Waals surface area (Å²) in [5.41, 5.74) is 1.34. The minimum atomic E-state index is 0.216. The first-order valence-electron chi connectivity index (χ1n) is 6.27. The molecule has 1 heterocycles. The zero-order valence-electron chi connectivity index (χ0n) is 11.0. The van der Waals surface area contributed by atoms with E-state index in [4.69, 9.17) is 9.47 Å². The Morgan fingerprint density at radius 2 is 2.25 bits per heavy atom. The first kappa shape index (κ1) is 13.5. The molecule has 3 nitrogen and oxygen atoms in total. The van der Waals surface area contributed by atoms with Crippen LogP contribution >= 0.6 is 0 Å². The van der Waals surface area contributed by atoms with Gasteiger partial charge in [-0.1, -0.05) is 20.8 Å². The Morgan fingerprint density at radius 1 is 1.50 bits per heavy atom. The molecule has 0 fully saturated rings. The summed E-state index contributed by atoms with van der Waals surface area (Å²) in [5.74, 6) is 0.497. The molecule has 1 aliphatic heterocycles. The van der Waals surface area contributed by atoms with Crippen molar-refractivity contribution in [1.82, 2.24) is 5.32 Å². The maximum atomic E-state index is 5.62. The molecule has 1 aliphatic rings.